The van der Waals surface area contributed by atoms with E-state index in [1.54, 1.807) is 13.0 Å². The summed E-state index contributed by atoms with van der Waals surface area (Å²) < 4.78 is 5.74. The number of halogens is 1. The first kappa shape index (κ1) is 11.7. The Bertz CT molecular complexity index is 440. The number of hydrogen-bond acceptors (Lipinski definition) is 4. The van der Waals surface area contributed by atoms with Gasteiger partial charge in [-0.15, -0.1) is 0 Å². The fourth-order valence-corrected chi connectivity index (χ4v) is 1.83. The first-order valence-electron chi connectivity index (χ1n) is 4.11. The molecular weight excluding hydrogens is 311 g/mol. The summed E-state index contributed by atoms with van der Waals surface area (Å²) in [4.78, 5) is 10.2. The van der Waals surface area contributed by atoms with Crippen LogP contribution in [0.3, 0.4) is 0 Å². The molecular formula is C9H7IN2O3. The van der Waals surface area contributed by atoms with Crippen molar-refractivity contribution >= 4 is 28.3 Å². The SMILES string of the molecule is CCOc1c(I)cc(C#N)cc1[N+](=O)[O-]. The molecule has 1 rings (SSSR count). The van der Waals surface area contributed by atoms with E-state index in [1.165, 1.54) is 6.07 Å². The highest BCUT2D eigenvalue weighted by Crippen LogP contribution is 2.33. The van der Waals surface area contributed by atoms with E-state index in [9.17, 15) is 10.1 Å². The summed E-state index contributed by atoms with van der Waals surface area (Å²) in [7, 11) is 0. The smallest absolute Gasteiger partial charge is 0.313 e. The highest BCUT2D eigenvalue weighted by molar-refractivity contribution is 14.1. The lowest BCUT2D eigenvalue weighted by atomic mass is 10.2. The molecule has 0 aliphatic heterocycles. The van der Waals surface area contributed by atoms with E-state index in [0.717, 1.165) is 0 Å². The third kappa shape index (κ3) is 2.56. The van der Waals surface area contributed by atoms with Gasteiger partial charge in [0.1, 0.15) is 0 Å². The standard InChI is InChI=1S/C9H7IN2O3/c1-2-15-9-7(10)3-6(5-11)4-8(9)12(13)14/h3-4H,2H2,1H3. The van der Waals surface area contributed by atoms with Crippen molar-refractivity contribution in [1.82, 2.24) is 0 Å². The second kappa shape index (κ2) is 4.93. The first-order chi connectivity index (χ1) is 7.10. The van der Waals surface area contributed by atoms with Crippen LogP contribution in [0.15, 0.2) is 12.1 Å². The van der Waals surface area contributed by atoms with Gasteiger partial charge in [-0.3, -0.25) is 10.1 Å². The van der Waals surface area contributed by atoms with Crippen LogP contribution in [0, 0.1) is 25.0 Å². The Kier molecular flexibility index (Phi) is 3.85. The van der Waals surface area contributed by atoms with Crippen molar-refractivity contribution in [2.45, 2.75) is 6.92 Å². The van der Waals surface area contributed by atoms with Gasteiger partial charge in [0.05, 0.1) is 26.7 Å². The molecule has 0 saturated heterocycles. The minimum atomic E-state index is -0.548. The molecule has 0 atom stereocenters. The third-order valence-electron chi connectivity index (χ3n) is 1.64. The van der Waals surface area contributed by atoms with Crippen molar-refractivity contribution in [3.05, 3.63) is 31.4 Å². The van der Waals surface area contributed by atoms with E-state index in [4.69, 9.17) is 10.00 Å². The normalized spacial score (nSPS) is 9.40. The Morgan fingerprint density at radius 1 is 1.67 bits per heavy atom. The molecule has 0 aliphatic rings. The van der Waals surface area contributed by atoms with Crippen LogP contribution in [0.4, 0.5) is 5.69 Å². The second-order valence-electron chi connectivity index (χ2n) is 2.61. The lowest BCUT2D eigenvalue weighted by Crippen LogP contribution is -2.00. The second-order valence-corrected chi connectivity index (χ2v) is 3.77. The van der Waals surface area contributed by atoms with Crippen molar-refractivity contribution in [2.24, 2.45) is 0 Å². The number of hydrogen-bond donors (Lipinski definition) is 0. The zero-order valence-electron chi connectivity index (χ0n) is 7.86. The molecule has 1 aromatic carbocycles. The maximum Gasteiger partial charge on any atom is 0.313 e. The molecule has 1 aromatic rings. The van der Waals surface area contributed by atoms with Crippen LogP contribution in [0.2, 0.25) is 0 Å². The molecule has 15 heavy (non-hydrogen) atoms. The molecule has 78 valence electrons. The van der Waals surface area contributed by atoms with E-state index in [-0.39, 0.29) is 17.0 Å². The fraction of sp³-hybridized carbons (Fsp3) is 0.222. The van der Waals surface area contributed by atoms with Gasteiger partial charge in [0.2, 0.25) is 5.75 Å². The lowest BCUT2D eigenvalue weighted by molar-refractivity contribution is -0.386. The van der Waals surface area contributed by atoms with Gasteiger partial charge in [-0.25, -0.2) is 0 Å². The zero-order valence-corrected chi connectivity index (χ0v) is 10.0. The summed E-state index contributed by atoms with van der Waals surface area (Å²) in [5, 5.41) is 19.4. The van der Waals surface area contributed by atoms with Gasteiger partial charge in [0, 0.05) is 6.07 Å². The molecule has 0 radical (unpaired) electrons. The van der Waals surface area contributed by atoms with Crippen molar-refractivity contribution in [2.75, 3.05) is 6.61 Å². The van der Waals surface area contributed by atoms with E-state index < -0.39 is 4.92 Å². The Hall–Kier alpha value is -1.36. The number of ether oxygens (including phenoxy) is 1. The molecule has 0 heterocycles. The van der Waals surface area contributed by atoms with Crippen molar-refractivity contribution in [1.29, 1.82) is 5.26 Å². The minimum Gasteiger partial charge on any atom is -0.486 e. The van der Waals surface area contributed by atoms with Crippen LogP contribution in [0.1, 0.15) is 12.5 Å². The average Bonchev–Trinajstić information content (AvgIpc) is 2.20. The predicted molar refractivity (Wildman–Crippen MR) is 61.7 cm³/mol. The number of nitrogens with zero attached hydrogens (tertiary/aromatic N) is 2. The van der Waals surface area contributed by atoms with E-state index >= 15 is 0 Å². The van der Waals surface area contributed by atoms with Crippen LogP contribution in [0.5, 0.6) is 5.75 Å². The van der Waals surface area contributed by atoms with Crippen LogP contribution in [-0.4, -0.2) is 11.5 Å². The van der Waals surface area contributed by atoms with E-state index in [0.29, 0.717) is 10.2 Å². The topological polar surface area (TPSA) is 76.2 Å². The Labute approximate surface area is 99.9 Å². The molecule has 0 spiro atoms. The number of benzene rings is 1. The summed E-state index contributed by atoms with van der Waals surface area (Å²) in [6.07, 6.45) is 0. The maximum atomic E-state index is 10.7. The van der Waals surface area contributed by atoms with Crippen LogP contribution in [0.25, 0.3) is 0 Å². The Morgan fingerprint density at radius 3 is 2.80 bits per heavy atom. The molecule has 6 heteroatoms. The van der Waals surface area contributed by atoms with Crippen LogP contribution >= 0.6 is 22.6 Å². The van der Waals surface area contributed by atoms with Gasteiger partial charge in [-0.05, 0) is 35.6 Å². The quantitative estimate of drug-likeness (QED) is 0.487. The van der Waals surface area contributed by atoms with Crippen molar-refractivity contribution in [3.8, 4) is 11.8 Å². The fourth-order valence-electron chi connectivity index (χ4n) is 1.07. The Morgan fingerprint density at radius 2 is 2.33 bits per heavy atom. The average molecular weight is 318 g/mol. The summed E-state index contributed by atoms with van der Waals surface area (Å²) in [5.41, 5.74) is 0.0925. The van der Waals surface area contributed by atoms with Gasteiger partial charge in [0.15, 0.2) is 0 Å². The van der Waals surface area contributed by atoms with Crippen molar-refractivity contribution < 1.29 is 9.66 Å². The molecule has 0 aliphatic carbocycles. The molecule has 0 unspecified atom stereocenters. The molecule has 0 amide bonds. The van der Waals surface area contributed by atoms with E-state index in [1.807, 2.05) is 28.7 Å². The van der Waals surface area contributed by atoms with Gasteiger partial charge in [-0.2, -0.15) is 5.26 Å². The molecule has 0 saturated carbocycles. The van der Waals surface area contributed by atoms with Gasteiger partial charge >= 0.3 is 5.69 Å². The van der Waals surface area contributed by atoms with Gasteiger partial charge < -0.3 is 4.74 Å². The zero-order chi connectivity index (χ0) is 11.4. The molecule has 0 aromatic heterocycles. The summed E-state index contributed by atoms with van der Waals surface area (Å²) in [5.74, 6) is 0.224. The number of nitro benzene ring substituents is 1. The van der Waals surface area contributed by atoms with Crippen molar-refractivity contribution in [3.63, 3.8) is 0 Å². The largest absolute Gasteiger partial charge is 0.486 e. The summed E-state index contributed by atoms with van der Waals surface area (Å²) in [6, 6.07) is 4.64. The monoisotopic (exact) mass is 318 g/mol. The Balaban J connectivity index is 3.37. The number of nitro groups is 1. The van der Waals surface area contributed by atoms with Crippen LogP contribution in [-0.2, 0) is 0 Å². The molecule has 0 bridgehead atoms. The molecule has 0 N–H and O–H groups in total. The summed E-state index contributed by atoms with van der Waals surface area (Å²) in [6.45, 7) is 2.10. The van der Waals surface area contributed by atoms with Crippen LogP contribution < -0.4 is 4.74 Å². The predicted octanol–water partition coefficient (Wildman–Crippen LogP) is 2.47. The number of nitriles is 1. The highest BCUT2D eigenvalue weighted by atomic mass is 127. The highest BCUT2D eigenvalue weighted by Gasteiger charge is 2.19. The van der Waals surface area contributed by atoms with Gasteiger partial charge in [0.25, 0.3) is 0 Å². The molecule has 5 nitrogen and oxygen atoms in total. The maximum absolute atomic E-state index is 10.7. The first-order valence-corrected chi connectivity index (χ1v) is 5.18. The lowest BCUT2D eigenvalue weighted by Gasteiger charge is -2.06. The van der Waals surface area contributed by atoms with E-state index in [2.05, 4.69) is 0 Å². The number of rotatable bonds is 3. The molecule has 0 fully saturated rings. The third-order valence-corrected chi connectivity index (χ3v) is 2.44. The minimum absolute atomic E-state index is 0.166. The summed E-state index contributed by atoms with van der Waals surface area (Å²) >= 11 is 1.91. The van der Waals surface area contributed by atoms with Gasteiger partial charge in [-0.1, -0.05) is 0 Å².